The standard InChI is InChI=1S/C20H27N3O2/c1-14(2)20(25)23-10-6-9-22(11-12-23)19(24)13-17-15(3)21-18-8-5-4-7-16(17)18/h4-5,7-8,14,21H,6,9-13H2,1-3H3. The number of hydrogen-bond acceptors (Lipinski definition) is 2. The van der Waals surface area contributed by atoms with E-state index >= 15 is 0 Å². The number of nitrogens with zero attached hydrogens (tertiary/aromatic N) is 2. The number of amides is 2. The van der Waals surface area contributed by atoms with Gasteiger partial charge >= 0.3 is 0 Å². The van der Waals surface area contributed by atoms with E-state index < -0.39 is 0 Å². The van der Waals surface area contributed by atoms with Crippen LogP contribution in [0.25, 0.3) is 10.9 Å². The molecule has 0 saturated carbocycles. The van der Waals surface area contributed by atoms with Gasteiger partial charge in [0.2, 0.25) is 11.8 Å². The molecule has 1 aliphatic heterocycles. The number of nitrogens with one attached hydrogen (secondary N) is 1. The molecule has 3 rings (SSSR count). The van der Waals surface area contributed by atoms with Crippen molar-refractivity contribution in [1.82, 2.24) is 14.8 Å². The van der Waals surface area contributed by atoms with Crippen molar-refractivity contribution < 1.29 is 9.59 Å². The Labute approximate surface area is 149 Å². The molecule has 1 fully saturated rings. The minimum absolute atomic E-state index is 0.0103. The number of H-pyrrole nitrogens is 1. The average molecular weight is 341 g/mol. The number of fused-ring (bicyclic) bond motifs is 1. The summed E-state index contributed by atoms with van der Waals surface area (Å²) in [6, 6.07) is 8.11. The van der Waals surface area contributed by atoms with Crippen molar-refractivity contribution in [1.29, 1.82) is 0 Å². The van der Waals surface area contributed by atoms with Gasteiger partial charge in [-0.3, -0.25) is 9.59 Å². The summed E-state index contributed by atoms with van der Waals surface area (Å²) in [4.78, 5) is 32.2. The fourth-order valence-corrected chi connectivity index (χ4v) is 3.58. The molecule has 1 N–H and O–H groups in total. The van der Waals surface area contributed by atoms with Gasteiger partial charge < -0.3 is 14.8 Å². The van der Waals surface area contributed by atoms with Crippen molar-refractivity contribution in [2.24, 2.45) is 5.92 Å². The number of carbonyl (C=O) groups is 2. The molecule has 2 heterocycles. The molecule has 0 spiro atoms. The van der Waals surface area contributed by atoms with E-state index in [9.17, 15) is 9.59 Å². The number of aryl methyl sites for hydroxylation is 1. The monoisotopic (exact) mass is 341 g/mol. The number of aromatic nitrogens is 1. The molecule has 0 atom stereocenters. The van der Waals surface area contributed by atoms with Crippen LogP contribution < -0.4 is 0 Å². The van der Waals surface area contributed by atoms with Crippen LogP contribution in [0, 0.1) is 12.8 Å². The fourth-order valence-electron chi connectivity index (χ4n) is 3.58. The average Bonchev–Trinajstić information content (AvgIpc) is 2.77. The first kappa shape index (κ1) is 17.5. The van der Waals surface area contributed by atoms with Gasteiger partial charge in [-0.1, -0.05) is 32.0 Å². The molecule has 5 heteroatoms. The van der Waals surface area contributed by atoms with E-state index in [1.165, 1.54) is 0 Å². The van der Waals surface area contributed by atoms with E-state index in [4.69, 9.17) is 0 Å². The minimum Gasteiger partial charge on any atom is -0.358 e. The summed E-state index contributed by atoms with van der Waals surface area (Å²) in [7, 11) is 0. The fraction of sp³-hybridized carbons (Fsp3) is 0.500. The Morgan fingerprint density at radius 1 is 1.08 bits per heavy atom. The molecule has 1 aliphatic rings. The van der Waals surface area contributed by atoms with Crippen LogP contribution in [0.3, 0.4) is 0 Å². The van der Waals surface area contributed by atoms with Gasteiger partial charge in [0.25, 0.3) is 0 Å². The van der Waals surface area contributed by atoms with E-state index in [1.807, 2.05) is 48.8 Å². The molecule has 1 saturated heterocycles. The summed E-state index contributed by atoms with van der Waals surface area (Å²) < 4.78 is 0. The predicted octanol–water partition coefficient (Wildman–Crippen LogP) is 2.74. The van der Waals surface area contributed by atoms with Gasteiger partial charge in [0, 0.05) is 48.7 Å². The third-order valence-electron chi connectivity index (χ3n) is 5.01. The van der Waals surface area contributed by atoms with Gasteiger partial charge in [-0.05, 0) is 25.0 Å². The first-order valence-electron chi connectivity index (χ1n) is 9.10. The van der Waals surface area contributed by atoms with Gasteiger partial charge in [0.15, 0.2) is 0 Å². The number of hydrogen-bond donors (Lipinski definition) is 1. The maximum Gasteiger partial charge on any atom is 0.227 e. The Kier molecular flexibility index (Phi) is 5.11. The predicted molar refractivity (Wildman–Crippen MR) is 99.4 cm³/mol. The Hall–Kier alpha value is -2.30. The summed E-state index contributed by atoms with van der Waals surface area (Å²) in [6.07, 6.45) is 1.26. The molecule has 2 aromatic rings. The number of para-hydroxylation sites is 1. The largest absolute Gasteiger partial charge is 0.358 e. The van der Waals surface area contributed by atoms with Crippen LogP contribution in [0.1, 0.15) is 31.5 Å². The smallest absolute Gasteiger partial charge is 0.227 e. The highest BCUT2D eigenvalue weighted by molar-refractivity contribution is 5.90. The van der Waals surface area contributed by atoms with Gasteiger partial charge in [0.05, 0.1) is 6.42 Å². The van der Waals surface area contributed by atoms with Crippen LogP contribution in [0.2, 0.25) is 0 Å². The van der Waals surface area contributed by atoms with Crippen molar-refractivity contribution in [2.75, 3.05) is 26.2 Å². The quantitative estimate of drug-likeness (QED) is 0.933. The summed E-state index contributed by atoms with van der Waals surface area (Å²) in [6.45, 7) is 8.60. The highest BCUT2D eigenvalue weighted by Gasteiger charge is 2.24. The molecule has 0 bridgehead atoms. The SMILES string of the molecule is Cc1[nH]c2ccccc2c1CC(=O)N1CCCN(C(=O)C(C)C)CC1. The van der Waals surface area contributed by atoms with Crippen LogP contribution in [-0.2, 0) is 16.0 Å². The van der Waals surface area contributed by atoms with E-state index in [0.29, 0.717) is 19.5 Å². The summed E-state index contributed by atoms with van der Waals surface area (Å²) in [5, 5.41) is 1.12. The maximum atomic E-state index is 12.8. The minimum atomic E-state index is 0.0103. The lowest BCUT2D eigenvalue weighted by atomic mass is 10.1. The number of benzene rings is 1. The van der Waals surface area contributed by atoms with E-state index in [1.54, 1.807) is 0 Å². The zero-order valence-electron chi connectivity index (χ0n) is 15.3. The highest BCUT2D eigenvalue weighted by Crippen LogP contribution is 2.23. The number of rotatable bonds is 3. The molecule has 5 nitrogen and oxygen atoms in total. The van der Waals surface area contributed by atoms with Crippen molar-refractivity contribution in [2.45, 2.75) is 33.6 Å². The first-order chi connectivity index (χ1) is 12.0. The van der Waals surface area contributed by atoms with E-state index in [2.05, 4.69) is 11.1 Å². The lowest BCUT2D eigenvalue weighted by molar-refractivity contribution is -0.135. The van der Waals surface area contributed by atoms with Crippen LogP contribution >= 0.6 is 0 Å². The molecular formula is C20H27N3O2. The first-order valence-corrected chi connectivity index (χ1v) is 9.10. The lowest BCUT2D eigenvalue weighted by Gasteiger charge is -2.23. The third-order valence-corrected chi connectivity index (χ3v) is 5.01. The second-order valence-electron chi connectivity index (χ2n) is 7.17. The molecule has 0 unspecified atom stereocenters. The Morgan fingerprint density at radius 2 is 1.76 bits per heavy atom. The van der Waals surface area contributed by atoms with Crippen LogP contribution in [-0.4, -0.2) is 52.8 Å². The number of aromatic amines is 1. The van der Waals surface area contributed by atoms with Crippen molar-refractivity contribution in [3.63, 3.8) is 0 Å². The normalized spacial score (nSPS) is 15.7. The summed E-state index contributed by atoms with van der Waals surface area (Å²) in [5.41, 5.74) is 3.22. The van der Waals surface area contributed by atoms with Crippen molar-refractivity contribution >= 4 is 22.7 Å². The molecule has 0 aliphatic carbocycles. The van der Waals surface area contributed by atoms with Crippen LogP contribution in [0.5, 0.6) is 0 Å². The van der Waals surface area contributed by atoms with Gasteiger partial charge in [0.1, 0.15) is 0 Å². The second kappa shape index (κ2) is 7.30. The molecule has 1 aromatic carbocycles. The molecule has 0 radical (unpaired) electrons. The third kappa shape index (κ3) is 3.70. The molecular weight excluding hydrogens is 314 g/mol. The number of carbonyl (C=O) groups excluding carboxylic acids is 2. The Bertz CT molecular complexity index is 778. The topological polar surface area (TPSA) is 56.4 Å². The van der Waals surface area contributed by atoms with Gasteiger partial charge in [-0.25, -0.2) is 0 Å². The van der Waals surface area contributed by atoms with Crippen molar-refractivity contribution in [3.8, 4) is 0 Å². The van der Waals surface area contributed by atoms with Crippen LogP contribution in [0.4, 0.5) is 0 Å². The summed E-state index contributed by atoms with van der Waals surface area (Å²) in [5.74, 6) is 0.338. The molecule has 134 valence electrons. The van der Waals surface area contributed by atoms with E-state index in [-0.39, 0.29) is 17.7 Å². The molecule has 2 amide bonds. The molecule has 25 heavy (non-hydrogen) atoms. The Morgan fingerprint density at radius 3 is 2.52 bits per heavy atom. The zero-order chi connectivity index (χ0) is 18.0. The van der Waals surface area contributed by atoms with Crippen LogP contribution in [0.15, 0.2) is 24.3 Å². The van der Waals surface area contributed by atoms with Gasteiger partial charge in [-0.2, -0.15) is 0 Å². The van der Waals surface area contributed by atoms with E-state index in [0.717, 1.165) is 41.7 Å². The van der Waals surface area contributed by atoms with Crippen molar-refractivity contribution in [3.05, 3.63) is 35.5 Å². The maximum absolute atomic E-state index is 12.8. The second-order valence-corrected chi connectivity index (χ2v) is 7.17. The zero-order valence-corrected chi connectivity index (χ0v) is 15.3. The summed E-state index contributed by atoms with van der Waals surface area (Å²) >= 11 is 0. The Balaban J connectivity index is 1.69. The highest BCUT2D eigenvalue weighted by atomic mass is 16.2. The van der Waals surface area contributed by atoms with Gasteiger partial charge in [-0.15, -0.1) is 0 Å². The molecule has 1 aromatic heterocycles. The lowest BCUT2D eigenvalue weighted by Crippen LogP contribution is -2.39.